The smallest absolute Gasteiger partial charge is 0.353 e. The second-order valence-electron chi connectivity index (χ2n) is 6.56. The summed E-state index contributed by atoms with van der Waals surface area (Å²) < 4.78 is 41.4. The second-order valence-corrected chi connectivity index (χ2v) is 6.56. The molecule has 0 radical (unpaired) electrons. The third-order valence-corrected chi connectivity index (χ3v) is 4.84. The molecule has 1 N–H and O–H groups in total. The molecule has 140 valence electrons. The first kappa shape index (κ1) is 18.5. The van der Waals surface area contributed by atoms with Crippen molar-refractivity contribution in [2.75, 3.05) is 19.6 Å². The number of carbonyl (C=O) groups is 1. The average molecular weight is 365 g/mol. The summed E-state index contributed by atoms with van der Waals surface area (Å²) in [4.78, 5) is 14.7. The molecule has 0 aliphatic carbocycles. The minimum atomic E-state index is -4.56. The number of rotatable bonds is 5. The van der Waals surface area contributed by atoms with Crippen LogP contribution >= 0.6 is 0 Å². The Labute approximate surface area is 150 Å². The molecule has 1 atom stereocenters. The van der Waals surface area contributed by atoms with Crippen LogP contribution in [0.4, 0.5) is 13.2 Å². The predicted octanol–water partition coefficient (Wildman–Crippen LogP) is 3.61. The highest BCUT2D eigenvalue weighted by Gasteiger charge is 2.35. The first-order valence-corrected chi connectivity index (χ1v) is 8.67. The quantitative estimate of drug-likeness (QED) is 0.879. The van der Waals surface area contributed by atoms with Gasteiger partial charge in [0.2, 0.25) is 0 Å². The van der Waals surface area contributed by atoms with Crippen molar-refractivity contribution >= 4 is 5.91 Å². The van der Waals surface area contributed by atoms with E-state index in [2.05, 4.69) is 10.2 Å². The van der Waals surface area contributed by atoms with Crippen molar-refractivity contribution in [1.82, 2.24) is 14.8 Å². The summed E-state index contributed by atoms with van der Waals surface area (Å²) in [5.41, 5.74) is -0.211. The van der Waals surface area contributed by atoms with Gasteiger partial charge in [-0.2, -0.15) is 13.2 Å². The number of halogens is 3. The molecule has 7 heteroatoms. The topological polar surface area (TPSA) is 37.3 Å². The van der Waals surface area contributed by atoms with E-state index in [-0.39, 0.29) is 18.2 Å². The van der Waals surface area contributed by atoms with Crippen molar-refractivity contribution in [2.45, 2.75) is 25.1 Å². The molecule has 4 nitrogen and oxygen atoms in total. The van der Waals surface area contributed by atoms with Crippen LogP contribution in [0.25, 0.3) is 0 Å². The highest BCUT2D eigenvalue weighted by Crippen LogP contribution is 2.32. The number of carbonyl (C=O) groups excluding carboxylic acids is 1. The summed E-state index contributed by atoms with van der Waals surface area (Å²) in [5.74, 6) is -0.698. The molecule has 0 bridgehead atoms. The molecule has 0 spiro atoms. The van der Waals surface area contributed by atoms with Gasteiger partial charge in [0, 0.05) is 25.5 Å². The number of aromatic nitrogens is 1. The number of nitrogens with zero attached hydrogens (tertiary/aromatic N) is 2. The summed E-state index contributed by atoms with van der Waals surface area (Å²) in [6, 6.07) is 8.74. The molecule has 2 heterocycles. The summed E-state index contributed by atoms with van der Waals surface area (Å²) in [6.45, 7) is 2.11. The number of hydrogen-bond donors (Lipinski definition) is 1. The number of alkyl halides is 3. The van der Waals surface area contributed by atoms with Crippen LogP contribution in [-0.4, -0.2) is 35.0 Å². The standard InChI is InChI=1S/C19H22F3N3O/c1-24-10-6-9-16(24)17(25-11-4-5-12-25)13-23-18(26)14-7-2-3-8-15(14)19(20,21)22/h2-3,6-10,17H,4-5,11-13H2,1H3,(H,23,26)/t17-/m1/s1. The maximum absolute atomic E-state index is 13.1. The van der Waals surface area contributed by atoms with Crippen LogP contribution in [0.1, 0.15) is 40.5 Å². The third kappa shape index (κ3) is 3.93. The van der Waals surface area contributed by atoms with Gasteiger partial charge in [-0.3, -0.25) is 9.69 Å². The van der Waals surface area contributed by atoms with Crippen LogP contribution in [-0.2, 0) is 13.2 Å². The van der Waals surface area contributed by atoms with Crippen molar-refractivity contribution in [3.05, 3.63) is 59.4 Å². The number of hydrogen-bond acceptors (Lipinski definition) is 2. The molecule has 1 fully saturated rings. The fourth-order valence-electron chi connectivity index (χ4n) is 3.51. The van der Waals surface area contributed by atoms with E-state index in [0.717, 1.165) is 37.7 Å². The van der Waals surface area contributed by atoms with Crippen LogP contribution in [0.15, 0.2) is 42.6 Å². The van der Waals surface area contributed by atoms with E-state index in [1.165, 1.54) is 18.2 Å². The molecular formula is C19H22F3N3O. The van der Waals surface area contributed by atoms with E-state index >= 15 is 0 Å². The molecule has 0 unspecified atom stereocenters. The maximum Gasteiger partial charge on any atom is 0.417 e. The van der Waals surface area contributed by atoms with Crippen molar-refractivity contribution in [1.29, 1.82) is 0 Å². The molecule has 2 aromatic rings. The molecule has 3 rings (SSSR count). The summed E-state index contributed by atoms with van der Waals surface area (Å²) in [5, 5.41) is 2.71. The number of nitrogens with one attached hydrogen (secondary N) is 1. The summed E-state index contributed by atoms with van der Waals surface area (Å²) >= 11 is 0. The Morgan fingerprint density at radius 1 is 1.15 bits per heavy atom. The van der Waals surface area contributed by atoms with E-state index in [1.54, 1.807) is 0 Å². The lowest BCUT2D eigenvalue weighted by atomic mass is 10.1. The lowest BCUT2D eigenvalue weighted by Gasteiger charge is -2.28. The lowest BCUT2D eigenvalue weighted by molar-refractivity contribution is -0.137. The first-order chi connectivity index (χ1) is 12.4. The molecule has 1 aliphatic heterocycles. The van der Waals surface area contributed by atoms with Crippen molar-refractivity contribution in [2.24, 2.45) is 7.05 Å². The number of benzene rings is 1. The monoisotopic (exact) mass is 365 g/mol. The van der Waals surface area contributed by atoms with E-state index in [4.69, 9.17) is 0 Å². The zero-order valence-corrected chi connectivity index (χ0v) is 14.6. The van der Waals surface area contributed by atoms with Crippen LogP contribution in [0, 0.1) is 0 Å². The minimum Gasteiger partial charge on any atom is -0.353 e. The van der Waals surface area contributed by atoms with Gasteiger partial charge in [0.15, 0.2) is 0 Å². The first-order valence-electron chi connectivity index (χ1n) is 8.67. The molecule has 1 aromatic heterocycles. The van der Waals surface area contributed by atoms with Gasteiger partial charge in [-0.1, -0.05) is 12.1 Å². The zero-order valence-electron chi connectivity index (χ0n) is 14.6. The Morgan fingerprint density at radius 3 is 2.46 bits per heavy atom. The molecule has 1 aliphatic rings. The molecule has 1 aromatic carbocycles. The van der Waals surface area contributed by atoms with Gasteiger partial charge in [0.1, 0.15) is 0 Å². The van der Waals surface area contributed by atoms with Gasteiger partial charge in [-0.05, 0) is 50.2 Å². The number of amides is 1. The maximum atomic E-state index is 13.1. The van der Waals surface area contributed by atoms with Gasteiger partial charge < -0.3 is 9.88 Å². The highest BCUT2D eigenvalue weighted by atomic mass is 19.4. The molecular weight excluding hydrogens is 343 g/mol. The largest absolute Gasteiger partial charge is 0.417 e. The van der Waals surface area contributed by atoms with Crippen molar-refractivity contribution in [3.63, 3.8) is 0 Å². The predicted molar refractivity (Wildman–Crippen MR) is 92.7 cm³/mol. The van der Waals surface area contributed by atoms with Crippen molar-refractivity contribution in [3.8, 4) is 0 Å². The molecule has 1 amide bonds. The summed E-state index contributed by atoms with van der Waals surface area (Å²) in [6.07, 6.45) is -0.447. The van der Waals surface area contributed by atoms with Gasteiger partial charge >= 0.3 is 6.18 Å². The molecule has 0 saturated carbocycles. The van der Waals surface area contributed by atoms with Crippen LogP contribution in [0.2, 0.25) is 0 Å². The van der Waals surface area contributed by atoms with E-state index in [9.17, 15) is 18.0 Å². The molecule has 26 heavy (non-hydrogen) atoms. The summed E-state index contributed by atoms with van der Waals surface area (Å²) in [7, 11) is 1.93. The van der Waals surface area contributed by atoms with Gasteiger partial charge in [0.25, 0.3) is 5.91 Å². The van der Waals surface area contributed by atoms with E-state index in [1.807, 2.05) is 29.9 Å². The van der Waals surface area contributed by atoms with Crippen molar-refractivity contribution < 1.29 is 18.0 Å². The SMILES string of the molecule is Cn1cccc1[C@@H](CNC(=O)c1ccccc1C(F)(F)F)N1CCCC1. The second kappa shape index (κ2) is 7.53. The highest BCUT2D eigenvalue weighted by molar-refractivity contribution is 5.95. The normalized spacial score (nSPS) is 16.6. The van der Waals surface area contributed by atoms with Gasteiger partial charge in [0.05, 0.1) is 17.2 Å². The van der Waals surface area contributed by atoms with E-state index < -0.39 is 17.6 Å². The number of aryl methyl sites for hydroxylation is 1. The fraction of sp³-hybridized carbons (Fsp3) is 0.421. The molecule has 1 saturated heterocycles. The number of likely N-dealkylation sites (tertiary alicyclic amines) is 1. The van der Waals surface area contributed by atoms with E-state index in [0.29, 0.717) is 0 Å². The van der Waals surface area contributed by atoms with Crippen LogP contribution in [0.5, 0.6) is 0 Å². The Morgan fingerprint density at radius 2 is 1.85 bits per heavy atom. The van der Waals surface area contributed by atoms with Gasteiger partial charge in [-0.15, -0.1) is 0 Å². The Balaban J connectivity index is 1.78. The Hall–Kier alpha value is -2.28. The van der Waals surface area contributed by atoms with Gasteiger partial charge in [-0.25, -0.2) is 0 Å². The lowest BCUT2D eigenvalue weighted by Crippen LogP contribution is -2.38. The fourth-order valence-corrected chi connectivity index (χ4v) is 3.51. The zero-order chi connectivity index (χ0) is 18.7. The minimum absolute atomic E-state index is 0.0560. The third-order valence-electron chi connectivity index (χ3n) is 4.84. The Kier molecular flexibility index (Phi) is 5.36. The van der Waals surface area contributed by atoms with Crippen LogP contribution in [0.3, 0.4) is 0 Å². The Bertz CT molecular complexity index is 763. The average Bonchev–Trinajstić information content (AvgIpc) is 3.27. The van der Waals surface area contributed by atoms with Crippen LogP contribution < -0.4 is 5.32 Å².